The molecular weight excluding hydrogens is 262 g/mol. The number of nitrogens with one attached hydrogen (secondary N) is 2. The molecule has 0 atom stereocenters. The fourth-order valence-electron chi connectivity index (χ4n) is 1.65. The maximum absolute atomic E-state index is 11.6. The van der Waals surface area contributed by atoms with E-state index in [0.29, 0.717) is 0 Å². The zero-order valence-electron chi connectivity index (χ0n) is 10.6. The van der Waals surface area contributed by atoms with Gasteiger partial charge in [0.15, 0.2) is 0 Å². The molecule has 2 N–H and O–H groups in total. The molecule has 0 aromatic carbocycles. The standard InChI is InChI=1S/C13H15N3O2S/c1-16-5-2-3-11(16)8-13(18)15-14-12(17)7-10-4-6-19-9-10/h2-6,9H,7-8H2,1H3,(H,14,17)(H,15,18). The van der Waals surface area contributed by atoms with Gasteiger partial charge >= 0.3 is 0 Å². The smallest absolute Gasteiger partial charge is 0.244 e. The molecule has 0 fully saturated rings. The summed E-state index contributed by atoms with van der Waals surface area (Å²) in [6, 6.07) is 5.63. The third kappa shape index (κ3) is 3.96. The van der Waals surface area contributed by atoms with Crippen LogP contribution in [0.15, 0.2) is 35.2 Å². The number of amides is 2. The van der Waals surface area contributed by atoms with E-state index in [9.17, 15) is 9.59 Å². The van der Waals surface area contributed by atoms with Crippen molar-refractivity contribution in [3.05, 3.63) is 46.4 Å². The first-order chi connectivity index (χ1) is 9.15. The molecule has 0 aliphatic rings. The van der Waals surface area contributed by atoms with E-state index in [-0.39, 0.29) is 24.7 Å². The summed E-state index contributed by atoms with van der Waals surface area (Å²) >= 11 is 1.54. The Kier molecular flexibility index (Phi) is 4.35. The van der Waals surface area contributed by atoms with E-state index >= 15 is 0 Å². The normalized spacial score (nSPS) is 10.2. The number of aryl methyl sites for hydroxylation is 1. The monoisotopic (exact) mass is 277 g/mol. The predicted molar refractivity (Wildman–Crippen MR) is 73.4 cm³/mol. The Morgan fingerprint density at radius 1 is 1.21 bits per heavy atom. The second-order valence-electron chi connectivity index (χ2n) is 4.19. The van der Waals surface area contributed by atoms with Crippen molar-refractivity contribution >= 4 is 23.2 Å². The van der Waals surface area contributed by atoms with Crippen LogP contribution in [0.2, 0.25) is 0 Å². The van der Waals surface area contributed by atoms with Crippen molar-refractivity contribution < 1.29 is 9.59 Å². The lowest BCUT2D eigenvalue weighted by atomic mass is 10.2. The van der Waals surface area contributed by atoms with Crippen LogP contribution >= 0.6 is 11.3 Å². The molecule has 0 aliphatic heterocycles. The summed E-state index contributed by atoms with van der Waals surface area (Å²) in [5.41, 5.74) is 6.66. The van der Waals surface area contributed by atoms with Crippen LogP contribution in [0.4, 0.5) is 0 Å². The molecule has 5 nitrogen and oxygen atoms in total. The molecule has 0 radical (unpaired) electrons. The Morgan fingerprint density at radius 3 is 2.53 bits per heavy atom. The topological polar surface area (TPSA) is 63.1 Å². The maximum Gasteiger partial charge on any atom is 0.244 e. The summed E-state index contributed by atoms with van der Waals surface area (Å²) in [4.78, 5) is 23.2. The van der Waals surface area contributed by atoms with Gasteiger partial charge in [-0.05, 0) is 34.5 Å². The van der Waals surface area contributed by atoms with E-state index in [0.717, 1.165) is 11.3 Å². The van der Waals surface area contributed by atoms with Gasteiger partial charge in [0.25, 0.3) is 0 Å². The number of carbonyl (C=O) groups is 2. The number of hydrogen-bond donors (Lipinski definition) is 2. The van der Waals surface area contributed by atoms with Gasteiger partial charge in [-0.2, -0.15) is 11.3 Å². The van der Waals surface area contributed by atoms with E-state index in [2.05, 4.69) is 10.9 Å². The third-order valence-corrected chi connectivity index (χ3v) is 3.41. The highest BCUT2D eigenvalue weighted by molar-refractivity contribution is 7.07. The molecule has 0 saturated heterocycles. The van der Waals surface area contributed by atoms with Crippen molar-refractivity contribution in [1.29, 1.82) is 0 Å². The highest BCUT2D eigenvalue weighted by atomic mass is 32.1. The Bertz CT molecular complexity index is 560. The van der Waals surface area contributed by atoms with Crippen LogP contribution in [0.5, 0.6) is 0 Å². The van der Waals surface area contributed by atoms with Crippen molar-refractivity contribution in [2.45, 2.75) is 12.8 Å². The van der Waals surface area contributed by atoms with Gasteiger partial charge in [-0.1, -0.05) is 0 Å². The summed E-state index contributed by atoms with van der Waals surface area (Å²) in [7, 11) is 1.87. The van der Waals surface area contributed by atoms with Crippen LogP contribution in [0, 0.1) is 0 Å². The quantitative estimate of drug-likeness (QED) is 0.820. The lowest BCUT2D eigenvalue weighted by molar-refractivity contribution is -0.128. The number of nitrogens with zero attached hydrogens (tertiary/aromatic N) is 1. The number of hydrazine groups is 1. The highest BCUT2D eigenvalue weighted by Crippen LogP contribution is 2.06. The zero-order valence-corrected chi connectivity index (χ0v) is 11.4. The molecule has 2 aromatic rings. The second-order valence-corrected chi connectivity index (χ2v) is 4.97. The second kappa shape index (κ2) is 6.19. The van der Waals surface area contributed by atoms with Gasteiger partial charge in [0.2, 0.25) is 11.8 Å². The van der Waals surface area contributed by atoms with Gasteiger partial charge in [-0.3, -0.25) is 20.4 Å². The van der Waals surface area contributed by atoms with Crippen LogP contribution in [0.25, 0.3) is 0 Å². The van der Waals surface area contributed by atoms with Crippen LogP contribution in [0.3, 0.4) is 0 Å². The summed E-state index contributed by atoms with van der Waals surface area (Å²) < 4.78 is 1.87. The van der Waals surface area contributed by atoms with E-state index in [1.165, 1.54) is 0 Å². The van der Waals surface area contributed by atoms with E-state index in [1.807, 2.05) is 46.8 Å². The number of rotatable bonds is 4. The Morgan fingerprint density at radius 2 is 1.95 bits per heavy atom. The molecular formula is C13H15N3O2S. The first-order valence-electron chi connectivity index (χ1n) is 5.84. The summed E-state index contributed by atoms with van der Waals surface area (Å²) in [5.74, 6) is -0.459. The first kappa shape index (κ1) is 13.4. The van der Waals surface area contributed by atoms with E-state index < -0.39 is 0 Å². The molecule has 2 aromatic heterocycles. The van der Waals surface area contributed by atoms with Gasteiger partial charge in [0.05, 0.1) is 12.8 Å². The minimum absolute atomic E-state index is 0.223. The van der Waals surface area contributed by atoms with Crippen LogP contribution < -0.4 is 10.9 Å². The molecule has 19 heavy (non-hydrogen) atoms. The van der Waals surface area contributed by atoms with Gasteiger partial charge < -0.3 is 4.57 Å². The van der Waals surface area contributed by atoms with Crippen molar-refractivity contribution in [2.24, 2.45) is 7.05 Å². The Hall–Kier alpha value is -2.08. The average molecular weight is 277 g/mol. The molecule has 6 heteroatoms. The number of hydrogen-bond acceptors (Lipinski definition) is 3. The summed E-state index contributed by atoms with van der Waals surface area (Å²) in [5, 5.41) is 3.82. The van der Waals surface area contributed by atoms with E-state index in [1.54, 1.807) is 11.3 Å². The number of aromatic nitrogens is 1. The van der Waals surface area contributed by atoms with Crippen LogP contribution in [0.1, 0.15) is 11.3 Å². The van der Waals surface area contributed by atoms with Gasteiger partial charge in [-0.15, -0.1) is 0 Å². The lowest BCUT2D eigenvalue weighted by Gasteiger charge is -2.07. The molecule has 2 amide bonds. The Balaban J connectivity index is 1.74. The molecule has 0 unspecified atom stereocenters. The number of carbonyl (C=O) groups excluding carboxylic acids is 2. The molecule has 0 saturated carbocycles. The summed E-state index contributed by atoms with van der Waals surface area (Å²) in [6.45, 7) is 0. The molecule has 0 bridgehead atoms. The predicted octanol–water partition coefficient (Wildman–Crippen LogP) is 1.02. The van der Waals surface area contributed by atoms with Crippen molar-refractivity contribution in [1.82, 2.24) is 15.4 Å². The fourth-order valence-corrected chi connectivity index (χ4v) is 2.32. The van der Waals surface area contributed by atoms with E-state index in [4.69, 9.17) is 0 Å². The minimum atomic E-state index is -0.236. The minimum Gasteiger partial charge on any atom is -0.354 e. The third-order valence-electron chi connectivity index (χ3n) is 2.68. The largest absolute Gasteiger partial charge is 0.354 e. The molecule has 2 rings (SSSR count). The van der Waals surface area contributed by atoms with Crippen molar-refractivity contribution in [2.75, 3.05) is 0 Å². The molecule has 2 heterocycles. The average Bonchev–Trinajstić information content (AvgIpc) is 3.00. The highest BCUT2D eigenvalue weighted by Gasteiger charge is 2.08. The summed E-state index contributed by atoms with van der Waals surface area (Å²) in [6.07, 6.45) is 2.38. The first-order valence-corrected chi connectivity index (χ1v) is 6.78. The van der Waals surface area contributed by atoms with Crippen molar-refractivity contribution in [3.8, 4) is 0 Å². The molecule has 0 spiro atoms. The SMILES string of the molecule is Cn1cccc1CC(=O)NNC(=O)Cc1ccsc1. The molecule has 0 aliphatic carbocycles. The van der Waals surface area contributed by atoms with Gasteiger partial charge in [0, 0.05) is 18.9 Å². The number of thiophene rings is 1. The molecule has 100 valence electrons. The van der Waals surface area contributed by atoms with Crippen LogP contribution in [-0.2, 0) is 29.5 Å². The zero-order chi connectivity index (χ0) is 13.7. The fraction of sp³-hybridized carbons (Fsp3) is 0.231. The lowest BCUT2D eigenvalue weighted by Crippen LogP contribution is -2.43. The van der Waals surface area contributed by atoms with Gasteiger partial charge in [0.1, 0.15) is 0 Å². The maximum atomic E-state index is 11.6. The van der Waals surface area contributed by atoms with Crippen LogP contribution in [-0.4, -0.2) is 16.4 Å². The Labute approximate surface area is 115 Å². The van der Waals surface area contributed by atoms with Crippen molar-refractivity contribution in [3.63, 3.8) is 0 Å². The van der Waals surface area contributed by atoms with Gasteiger partial charge in [-0.25, -0.2) is 0 Å².